The molecule has 9 heteroatoms. The molecule has 2 aromatic rings. The third kappa shape index (κ3) is 3.57. The summed E-state index contributed by atoms with van der Waals surface area (Å²) in [6.07, 6.45) is -4.76. The van der Waals surface area contributed by atoms with Crippen LogP contribution in [0.4, 0.5) is 19.0 Å². The van der Waals surface area contributed by atoms with E-state index in [0.29, 0.717) is 13.1 Å². The van der Waals surface area contributed by atoms with Gasteiger partial charge in [0, 0.05) is 18.5 Å². The Balaban J connectivity index is 2.12. The van der Waals surface area contributed by atoms with Gasteiger partial charge < -0.3 is 14.4 Å². The summed E-state index contributed by atoms with van der Waals surface area (Å²) in [5.74, 6) is -0.439. The van der Waals surface area contributed by atoms with Crippen LogP contribution in [-0.4, -0.2) is 43.4 Å². The van der Waals surface area contributed by atoms with E-state index in [9.17, 15) is 18.0 Å². The Kier molecular flexibility index (Phi) is 4.63. The molecule has 0 aliphatic carbocycles. The highest BCUT2D eigenvalue weighted by Crippen LogP contribution is 2.39. The Morgan fingerprint density at radius 2 is 1.96 bits per heavy atom. The number of ether oxygens (including phenoxy) is 2. The fourth-order valence-electron chi connectivity index (χ4n) is 2.96. The Labute approximate surface area is 146 Å². The molecular weight excluding hydrogens is 357 g/mol. The number of morpholine rings is 1. The molecule has 0 spiro atoms. The highest BCUT2D eigenvalue weighted by Gasteiger charge is 2.36. The quantitative estimate of drug-likeness (QED) is 0.750. The zero-order chi connectivity index (χ0) is 18.4. The Morgan fingerprint density at radius 3 is 2.52 bits per heavy atom. The summed E-state index contributed by atoms with van der Waals surface area (Å²) in [6, 6.07) is 2.23. The normalized spacial score (nSPS) is 21.6. The molecule has 25 heavy (non-hydrogen) atoms. The number of pyridine rings is 1. The number of methoxy groups -OCH3 is 1. The second-order valence-corrected chi connectivity index (χ2v) is 7.04. The summed E-state index contributed by atoms with van der Waals surface area (Å²) < 4.78 is 50.8. The van der Waals surface area contributed by atoms with Gasteiger partial charge in [-0.2, -0.15) is 13.2 Å². The first-order valence-corrected chi connectivity index (χ1v) is 8.51. The van der Waals surface area contributed by atoms with Crippen molar-refractivity contribution in [3.05, 3.63) is 22.6 Å². The molecule has 0 N–H and O–H groups in total. The van der Waals surface area contributed by atoms with Crippen molar-refractivity contribution in [2.45, 2.75) is 32.2 Å². The van der Waals surface area contributed by atoms with Crippen LogP contribution in [0.5, 0.6) is 0 Å². The minimum Gasteiger partial charge on any atom is -0.465 e. The van der Waals surface area contributed by atoms with Crippen molar-refractivity contribution in [2.75, 3.05) is 25.1 Å². The highest BCUT2D eigenvalue weighted by atomic mass is 32.1. The first kappa shape index (κ1) is 17.9. The van der Waals surface area contributed by atoms with Crippen molar-refractivity contribution in [3.8, 4) is 0 Å². The first-order valence-electron chi connectivity index (χ1n) is 7.69. The number of carbonyl (C=O) groups is 1. The molecule has 2 aromatic heterocycles. The number of rotatable bonds is 2. The lowest BCUT2D eigenvalue weighted by molar-refractivity contribution is -0.136. The van der Waals surface area contributed by atoms with E-state index in [1.807, 2.05) is 13.8 Å². The molecule has 1 aliphatic heterocycles. The van der Waals surface area contributed by atoms with Crippen LogP contribution in [0.25, 0.3) is 10.2 Å². The van der Waals surface area contributed by atoms with Gasteiger partial charge in [0.1, 0.15) is 15.5 Å². The molecule has 2 atom stereocenters. The summed E-state index contributed by atoms with van der Waals surface area (Å²) in [5, 5.41) is -0.0870. The van der Waals surface area contributed by atoms with E-state index in [1.165, 1.54) is 13.2 Å². The molecule has 5 nitrogen and oxygen atoms in total. The first-order chi connectivity index (χ1) is 11.7. The maximum atomic E-state index is 13.5. The van der Waals surface area contributed by atoms with Gasteiger partial charge in [-0.3, -0.25) is 0 Å². The smallest absolute Gasteiger partial charge is 0.417 e. The third-order valence-corrected chi connectivity index (χ3v) is 4.94. The number of halogens is 3. The number of alkyl halides is 3. The molecule has 1 fully saturated rings. The maximum absolute atomic E-state index is 13.5. The summed E-state index contributed by atoms with van der Waals surface area (Å²) in [5.41, 5.74) is -0.800. The molecule has 0 unspecified atom stereocenters. The van der Waals surface area contributed by atoms with Crippen LogP contribution in [-0.2, 0) is 15.7 Å². The lowest BCUT2D eigenvalue weighted by Gasteiger charge is -2.36. The van der Waals surface area contributed by atoms with Crippen molar-refractivity contribution < 1.29 is 27.4 Å². The Bertz CT molecular complexity index is 796. The number of aromatic nitrogens is 1. The van der Waals surface area contributed by atoms with E-state index >= 15 is 0 Å². The second kappa shape index (κ2) is 6.45. The largest absolute Gasteiger partial charge is 0.465 e. The van der Waals surface area contributed by atoms with Crippen molar-refractivity contribution in [1.29, 1.82) is 0 Å². The number of hydrogen-bond donors (Lipinski definition) is 0. The molecule has 1 saturated heterocycles. The van der Waals surface area contributed by atoms with Crippen molar-refractivity contribution >= 4 is 33.3 Å². The molecule has 1 aliphatic rings. The molecule has 3 heterocycles. The summed E-state index contributed by atoms with van der Waals surface area (Å²) in [6.45, 7) is 4.64. The van der Waals surface area contributed by atoms with Crippen LogP contribution in [0.1, 0.15) is 29.1 Å². The zero-order valence-corrected chi connectivity index (χ0v) is 14.7. The van der Waals surface area contributed by atoms with Crippen LogP contribution in [0.3, 0.4) is 0 Å². The molecule has 0 bridgehead atoms. The molecule has 0 aromatic carbocycles. The van der Waals surface area contributed by atoms with E-state index in [-0.39, 0.29) is 33.1 Å². The standard InChI is InChI=1S/C16H17F3N2O3S/c1-8-6-21(7-9(2)24-8)13-5-11(16(17,18)19)10-4-12(15(22)23-3)25-14(10)20-13/h4-5,8-9H,6-7H2,1-3H3/t8-,9-/m0/s1. The van der Waals surface area contributed by atoms with Gasteiger partial charge >= 0.3 is 12.1 Å². The molecule has 0 saturated carbocycles. The van der Waals surface area contributed by atoms with Crippen LogP contribution in [0.15, 0.2) is 12.1 Å². The number of fused-ring (bicyclic) bond motifs is 1. The van der Waals surface area contributed by atoms with Gasteiger partial charge in [0.25, 0.3) is 0 Å². The average molecular weight is 374 g/mol. The molecule has 0 amide bonds. The van der Waals surface area contributed by atoms with Gasteiger partial charge in [-0.1, -0.05) is 0 Å². The fraction of sp³-hybridized carbons (Fsp3) is 0.500. The second-order valence-electron chi connectivity index (χ2n) is 6.01. The van der Waals surface area contributed by atoms with E-state index in [0.717, 1.165) is 17.4 Å². The molecule has 0 radical (unpaired) electrons. The number of hydrogen-bond acceptors (Lipinski definition) is 6. The summed E-state index contributed by atoms with van der Waals surface area (Å²) >= 11 is 0.896. The maximum Gasteiger partial charge on any atom is 0.417 e. The van der Waals surface area contributed by atoms with Crippen LogP contribution >= 0.6 is 11.3 Å². The van der Waals surface area contributed by atoms with Gasteiger partial charge in [0.05, 0.1) is 24.9 Å². The SMILES string of the molecule is COC(=O)c1cc2c(C(F)(F)F)cc(N3C[C@H](C)O[C@@H](C)C3)nc2s1. The fourth-order valence-corrected chi connectivity index (χ4v) is 3.93. The van der Waals surface area contributed by atoms with Gasteiger partial charge in [-0.25, -0.2) is 9.78 Å². The minimum atomic E-state index is -4.55. The van der Waals surface area contributed by atoms with Crippen molar-refractivity contribution in [1.82, 2.24) is 4.98 Å². The highest BCUT2D eigenvalue weighted by molar-refractivity contribution is 7.20. The number of carbonyl (C=O) groups excluding carboxylic acids is 1. The van der Waals surface area contributed by atoms with Crippen LogP contribution in [0.2, 0.25) is 0 Å². The lowest BCUT2D eigenvalue weighted by Crippen LogP contribution is -2.45. The Morgan fingerprint density at radius 1 is 1.32 bits per heavy atom. The van der Waals surface area contributed by atoms with Gasteiger partial charge in [0.2, 0.25) is 0 Å². The molecule has 136 valence electrons. The predicted octanol–water partition coefficient (Wildman–Crippen LogP) is 3.72. The van der Waals surface area contributed by atoms with Crippen molar-refractivity contribution in [3.63, 3.8) is 0 Å². The topological polar surface area (TPSA) is 51.7 Å². The van der Waals surface area contributed by atoms with Crippen molar-refractivity contribution in [2.24, 2.45) is 0 Å². The van der Waals surface area contributed by atoms with Gasteiger partial charge in [-0.15, -0.1) is 11.3 Å². The number of nitrogens with zero attached hydrogens (tertiary/aromatic N) is 2. The molecule has 3 rings (SSSR count). The van der Waals surface area contributed by atoms with E-state index in [4.69, 9.17) is 4.74 Å². The molecular formula is C16H17F3N2O3S. The number of thiophene rings is 1. The number of anilines is 1. The minimum absolute atomic E-state index is 0.0870. The van der Waals surface area contributed by atoms with Crippen LogP contribution in [0, 0.1) is 0 Å². The third-order valence-electron chi connectivity index (χ3n) is 3.93. The predicted molar refractivity (Wildman–Crippen MR) is 88.2 cm³/mol. The van der Waals surface area contributed by atoms with E-state index in [2.05, 4.69) is 9.72 Å². The van der Waals surface area contributed by atoms with Gasteiger partial charge in [-0.05, 0) is 26.0 Å². The van der Waals surface area contributed by atoms with E-state index < -0.39 is 17.7 Å². The zero-order valence-electron chi connectivity index (χ0n) is 13.9. The summed E-state index contributed by atoms with van der Waals surface area (Å²) in [4.78, 5) is 18.1. The van der Waals surface area contributed by atoms with Crippen LogP contribution < -0.4 is 4.90 Å². The Hall–Kier alpha value is -1.87. The monoisotopic (exact) mass is 374 g/mol. The average Bonchev–Trinajstić information content (AvgIpc) is 2.95. The van der Waals surface area contributed by atoms with Gasteiger partial charge in [0.15, 0.2) is 0 Å². The summed E-state index contributed by atoms with van der Waals surface area (Å²) in [7, 11) is 1.19. The lowest BCUT2D eigenvalue weighted by atomic mass is 10.1. The number of esters is 1. The van der Waals surface area contributed by atoms with E-state index in [1.54, 1.807) is 4.90 Å².